The average molecular weight is 321 g/mol. The maximum absolute atomic E-state index is 4.86. The second-order valence-electron chi connectivity index (χ2n) is 5.31. The van der Waals surface area contributed by atoms with Crippen molar-refractivity contribution >= 4 is 33.2 Å². The van der Waals surface area contributed by atoms with Crippen molar-refractivity contribution in [3.8, 4) is 11.1 Å². The van der Waals surface area contributed by atoms with Crippen LogP contribution in [0.1, 0.15) is 0 Å². The molecular weight excluding hydrogens is 306 g/mol. The summed E-state index contributed by atoms with van der Waals surface area (Å²) >= 11 is 1.71. The lowest BCUT2D eigenvalue weighted by Crippen LogP contribution is -2.12. The first-order valence-electron chi connectivity index (χ1n) is 7.24. The van der Waals surface area contributed by atoms with Crippen LogP contribution in [0.15, 0.2) is 54.3 Å². The van der Waals surface area contributed by atoms with Crippen LogP contribution in [0, 0.1) is 0 Å². The molecule has 0 N–H and O–H groups in total. The summed E-state index contributed by atoms with van der Waals surface area (Å²) in [6.45, 7) is 0. The molecule has 0 saturated heterocycles. The van der Waals surface area contributed by atoms with Gasteiger partial charge in [-0.05, 0) is 29.8 Å². The Hall–Kier alpha value is -2.73. The van der Waals surface area contributed by atoms with Crippen LogP contribution in [0.4, 0.5) is 11.6 Å². The molecule has 0 unspecified atom stereocenters. The predicted molar refractivity (Wildman–Crippen MR) is 94.1 cm³/mol. The number of aromatic nitrogens is 4. The average Bonchev–Trinajstić information content (AvgIpc) is 3.20. The molecule has 23 heavy (non-hydrogen) atoms. The van der Waals surface area contributed by atoms with Crippen molar-refractivity contribution < 1.29 is 0 Å². The van der Waals surface area contributed by atoms with Gasteiger partial charge in [0.05, 0.1) is 10.2 Å². The van der Waals surface area contributed by atoms with Crippen molar-refractivity contribution in [1.82, 2.24) is 19.7 Å². The molecule has 0 radical (unpaired) electrons. The zero-order valence-electron chi connectivity index (χ0n) is 12.8. The van der Waals surface area contributed by atoms with Gasteiger partial charge < -0.3 is 4.90 Å². The second kappa shape index (κ2) is 5.48. The molecule has 0 amide bonds. The third-order valence-corrected chi connectivity index (χ3v) is 4.72. The van der Waals surface area contributed by atoms with Crippen LogP contribution in [-0.4, -0.2) is 26.8 Å². The molecule has 0 fully saturated rings. The Morgan fingerprint density at radius 1 is 1.04 bits per heavy atom. The van der Waals surface area contributed by atoms with E-state index in [1.165, 1.54) is 4.70 Å². The van der Waals surface area contributed by atoms with Crippen LogP contribution in [-0.2, 0) is 7.05 Å². The summed E-state index contributed by atoms with van der Waals surface area (Å²) in [6, 6.07) is 10.1. The fraction of sp³-hybridized carbons (Fsp3) is 0.118. The topological polar surface area (TPSA) is 46.8 Å². The number of anilines is 2. The molecule has 0 aliphatic carbocycles. The van der Waals surface area contributed by atoms with Gasteiger partial charge in [-0.25, -0.2) is 4.98 Å². The first kappa shape index (κ1) is 13.9. The van der Waals surface area contributed by atoms with E-state index in [1.54, 1.807) is 16.0 Å². The third-order valence-electron chi connectivity index (χ3n) is 3.78. The first-order valence-corrected chi connectivity index (χ1v) is 8.12. The highest BCUT2D eigenvalue weighted by Gasteiger charge is 2.12. The van der Waals surface area contributed by atoms with E-state index in [9.17, 15) is 0 Å². The molecule has 4 aromatic heterocycles. The molecule has 114 valence electrons. The summed E-state index contributed by atoms with van der Waals surface area (Å²) in [7, 11) is 3.89. The summed E-state index contributed by atoms with van der Waals surface area (Å²) in [4.78, 5) is 10.9. The molecular formula is C17H15N5S. The molecule has 0 aliphatic rings. The van der Waals surface area contributed by atoms with Gasteiger partial charge >= 0.3 is 0 Å². The maximum atomic E-state index is 4.86. The Balaban J connectivity index is 1.81. The van der Waals surface area contributed by atoms with Crippen LogP contribution in [0.5, 0.6) is 0 Å². The van der Waals surface area contributed by atoms with E-state index >= 15 is 0 Å². The standard InChI is InChI=1S/C17H15N5S/c1-21-10-7-16(20-21)22(2)15-4-3-14-17(19-15)13(11-23-14)12-5-8-18-9-6-12/h3-11H,1-2H3. The second-order valence-corrected chi connectivity index (χ2v) is 6.22. The molecule has 0 saturated carbocycles. The number of hydrogen-bond acceptors (Lipinski definition) is 5. The highest BCUT2D eigenvalue weighted by molar-refractivity contribution is 7.17. The lowest BCUT2D eigenvalue weighted by molar-refractivity contribution is 0.764. The highest BCUT2D eigenvalue weighted by Crippen LogP contribution is 2.34. The van der Waals surface area contributed by atoms with Crippen molar-refractivity contribution in [3.63, 3.8) is 0 Å². The predicted octanol–water partition coefficient (Wildman–Crippen LogP) is 3.86. The number of nitrogens with zero attached hydrogens (tertiary/aromatic N) is 5. The van der Waals surface area contributed by atoms with Crippen LogP contribution >= 0.6 is 11.3 Å². The molecule has 0 bridgehead atoms. The van der Waals surface area contributed by atoms with Crippen LogP contribution in [0.25, 0.3) is 21.3 Å². The SMILES string of the molecule is CN(c1ccc2scc(-c3ccncc3)c2n1)c1ccn(C)n1. The van der Waals surface area contributed by atoms with E-state index in [0.717, 1.165) is 28.3 Å². The number of fused-ring (bicyclic) bond motifs is 1. The van der Waals surface area contributed by atoms with E-state index in [1.807, 2.05) is 61.9 Å². The minimum Gasteiger partial charge on any atom is -0.313 e. The molecule has 0 spiro atoms. The highest BCUT2D eigenvalue weighted by atomic mass is 32.1. The summed E-state index contributed by atoms with van der Waals surface area (Å²) in [5.41, 5.74) is 3.29. The minimum absolute atomic E-state index is 0.875. The van der Waals surface area contributed by atoms with Crippen molar-refractivity contribution in [1.29, 1.82) is 0 Å². The maximum Gasteiger partial charge on any atom is 0.155 e. The van der Waals surface area contributed by atoms with Gasteiger partial charge in [0.15, 0.2) is 5.82 Å². The quantitative estimate of drug-likeness (QED) is 0.575. The number of pyridine rings is 2. The Kier molecular flexibility index (Phi) is 3.31. The fourth-order valence-corrected chi connectivity index (χ4v) is 3.43. The van der Waals surface area contributed by atoms with Crippen molar-refractivity contribution in [2.75, 3.05) is 11.9 Å². The minimum atomic E-state index is 0.875. The Labute approximate surface area is 137 Å². The summed E-state index contributed by atoms with van der Waals surface area (Å²) in [5.74, 6) is 1.75. The summed E-state index contributed by atoms with van der Waals surface area (Å²) < 4.78 is 2.96. The smallest absolute Gasteiger partial charge is 0.155 e. The lowest BCUT2D eigenvalue weighted by atomic mass is 10.1. The summed E-state index contributed by atoms with van der Waals surface area (Å²) in [5, 5.41) is 6.58. The van der Waals surface area contributed by atoms with Crippen molar-refractivity contribution in [3.05, 3.63) is 54.3 Å². The Morgan fingerprint density at radius 2 is 1.87 bits per heavy atom. The Bertz CT molecular complexity index is 957. The van der Waals surface area contributed by atoms with Crippen molar-refractivity contribution in [2.45, 2.75) is 0 Å². The van der Waals surface area contributed by atoms with E-state index in [-0.39, 0.29) is 0 Å². The number of aryl methyl sites for hydroxylation is 1. The Morgan fingerprint density at radius 3 is 2.61 bits per heavy atom. The fourth-order valence-electron chi connectivity index (χ4n) is 2.52. The molecule has 0 aliphatic heterocycles. The molecule has 6 heteroatoms. The molecule has 4 heterocycles. The zero-order valence-corrected chi connectivity index (χ0v) is 13.7. The number of thiophene rings is 1. The third kappa shape index (κ3) is 2.47. The van der Waals surface area contributed by atoms with Gasteiger partial charge in [-0.2, -0.15) is 5.10 Å². The largest absolute Gasteiger partial charge is 0.313 e. The lowest BCUT2D eigenvalue weighted by Gasteiger charge is -2.15. The summed E-state index contributed by atoms with van der Waals surface area (Å²) in [6.07, 6.45) is 5.54. The van der Waals surface area contributed by atoms with Gasteiger partial charge in [-0.3, -0.25) is 9.67 Å². The van der Waals surface area contributed by atoms with E-state index in [0.29, 0.717) is 0 Å². The van der Waals surface area contributed by atoms with E-state index < -0.39 is 0 Å². The molecule has 0 atom stereocenters. The monoisotopic (exact) mass is 321 g/mol. The first-order chi connectivity index (χ1) is 11.2. The van der Waals surface area contributed by atoms with Crippen LogP contribution in [0.2, 0.25) is 0 Å². The zero-order chi connectivity index (χ0) is 15.8. The molecule has 5 nitrogen and oxygen atoms in total. The molecule has 4 aromatic rings. The van der Waals surface area contributed by atoms with E-state index in [2.05, 4.69) is 21.5 Å². The molecule has 0 aromatic carbocycles. The normalized spacial score (nSPS) is 11.0. The molecule has 4 rings (SSSR count). The van der Waals surface area contributed by atoms with Gasteiger partial charge in [0, 0.05) is 49.7 Å². The van der Waals surface area contributed by atoms with E-state index in [4.69, 9.17) is 4.98 Å². The van der Waals surface area contributed by atoms with Gasteiger partial charge in [0.2, 0.25) is 0 Å². The van der Waals surface area contributed by atoms with Crippen LogP contribution in [0.3, 0.4) is 0 Å². The van der Waals surface area contributed by atoms with Gasteiger partial charge in [-0.1, -0.05) is 0 Å². The van der Waals surface area contributed by atoms with Gasteiger partial charge in [0.1, 0.15) is 5.82 Å². The van der Waals surface area contributed by atoms with Crippen molar-refractivity contribution in [2.24, 2.45) is 7.05 Å². The van der Waals surface area contributed by atoms with Crippen LogP contribution < -0.4 is 4.90 Å². The van der Waals surface area contributed by atoms with Gasteiger partial charge in [-0.15, -0.1) is 11.3 Å². The van der Waals surface area contributed by atoms with Gasteiger partial charge in [0.25, 0.3) is 0 Å². The number of rotatable bonds is 3. The number of hydrogen-bond donors (Lipinski definition) is 0.